The van der Waals surface area contributed by atoms with Gasteiger partial charge in [0.15, 0.2) is 11.4 Å². The molecular weight excluding hydrogens is 540 g/mol. The Balaban J connectivity index is 1.62. The van der Waals surface area contributed by atoms with Crippen molar-refractivity contribution in [3.63, 3.8) is 0 Å². The van der Waals surface area contributed by atoms with Crippen LogP contribution in [0, 0.1) is 0 Å². The number of nitrogens with zero attached hydrogens (tertiary/aromatic N) is 2. The van der Waals surface area contributed by atoms with Crippen molar-refractivity contribution in [2.75, 3.05) is 19.8 Å². The average Bonchev–Trinajstić information content (AvgIpc) is 3.31. The molecule has 8 nitrogen and oxygen atoms in total. The molecule has 0 spiro atoms. The molecule has 1 aromatic heterocycles. The van der Waals surface area contributed by atoms with Crippen molar-refractivity contribution in [3.05, 3.63) is 127 Å². The summed E-state index contributed by atoms with van der Waals surface area (Å²) in [6.07, 6.45) is 1.78. The summed E-state index contributed by atoms with van der Waals surface area (Å²) in [7, 11) is 0. The van der Waals surface area contributed by atoms with Gasteiger partial charge in [0.25, 0.3) is 5.56 Å². The SMILES string of the molecule is CCOC(=O)COc1ccc(/C=c2\sc3n(c2=O)[C@@H](c2ccccc2)C(C(=O)OCC)=C(c2ccccc2)N=3)cc1. The van der Waals surface area contributed by atoms with Crippen molar-refractivity contribution < 1.29 is 23.8 Å². The number of fused-ring (bicyclic) bond motifs is 1. The maximum Gasteiger partial charge on any atom is 0.344 e. The molecule has 0 amide bonds. The van der Waals surface area contributed by atoms with E-state index in [1.165, 1.54) is 11.3 Å². The van der Waals surface area contributed by atoms with Gasteiger partial charge in [0.1, 0.15) is 5.75 Å². The van der Waals surface area contributed by atoms with Crippen LogP contribution in [-0.4, -0.2) is 36.3 Å². The van der Waals surface area contributed by atoms with Crippen molar-refractivity contribution in [3.8, 4) is 5.75 Å². The Morgan fingerprint density at radius 2 is 1.56 bits per heavy atom. The smallest absolute Gasteiger partial charge is 0.344 e. The topological polar surface area (TPSA) is 96.2 Å². The van der Waals surface area contributed by atoms with Gasteiger partial charge in [-0.1, -0.05) is 84.1 Å². The molecule has 208 valence electrons. The lowest BCUT2D eigenvalue weighted by molar-refractivity contribution is -0.145. The lowest BCUT2D eigenvalue weighted by Crippen LogP contribution is -2.39. The van der Waals surface area contributed by atoms with Gasteiger partial charge in [0.05, 0.1) is 35.1 Å². The minimum atomic E-state index is -0.720. The first-order valence-electron chi connectivity index (χ1n) is 13.2. The Kier molecular flexibility index (Phi) is 8.55. The molecule has 0 bridgehead atoms. The molecular formula is C32H28N2O6S. The maximum atomic E-state index is 13.9. The maximum absolute atomic E-state index is 13.9. The van der Waals surface area contributed by atoms with Gasteiger partial charge in [-0.15, -0.1) is 0 Å². The molecule has 3 aromatic carbocycles. The number of thiazole rings is 1. The summed E-state index contributed by atoms with van der Waals surface area (Å²) in [5.74, 6) is -0.452. The van der Waals surface area contributed by atoms with Gasteiger partial charge >= 0.3 is 11.9 Å². The molecule has 41 heavy (non-hydrogen) atoms. The molecule has 4 aromatic rings. The number of rotatable bonds is 9. The zero-order valence-electron chi connectivity index (χ0n) is 22.6. The van der Waals surface area contributed by atoms with Crippen LogP contribution in [0.15, 0.2) is 100 Å². The van der Waals surface area contributed by atoms with Crippen LogP contribution in [0.5, 0.6) is 5.75 Å². The van der Waals surface area contributed by atoms with E-state index in [2.05, 4.69) is 0 Å². The van der Waals surface area contributed by atoms with Gasteiger partial charge in [-0.2, -0.15) is 0 Å². The molecule has 0 saturated carbocycles. The van der Waals surface area contributed by atoms with Crippen LogP contribution in [-0.2, 0) is 19.1 Å². The van der Waals surface area contributed by atoms with Gasteiger partial charge in [-0.25, -0.2) is 14.6 Å². The first-order valence-corrected chi connectivity index (χ1v) is 14.0. The predicted molar refractivity (Wildman–Crippen MR) is 156 cm³/mol. The van der Waals surface area contributed by atoms with Gasteiger partial charge in [-0.05, 0) is 43.2 Å². The number of hydrogen-bond donors (Lipinski definition) is 0. The van der Waals surface area contributed by atoms with E-state index in [9.17, 15) is 14.4 Å². The third kappa shape index (κ3) is 6.05. The predicted octanol–water partition coefficient (Wildman–Crippen LogP) is 3.88. The number of carbonyl (C=O) groups excluding carboxylic acids is 2. The zero-order valence-corrected chi connectivity index (χ0v) is 23.4. The van der Waals surface area contributed by atoms with Crippen molar-refractivity contribution in [2.45, 2.75) is 19.9 Å². The second kappa shape index (κ2) is 12.6. The fourth-order valence-corrected chi connectivity index (χ4v) is 5.55. The van der Waals surface area contributed by atoms with Crippen molar-refractivity contribution in [1.82, 2.24) is 4.57 Å². The molecule has 0 unspecified atom stereocenters. The molecule has 0 saturated heterocycles. The van der Waals surface area contributed by atoms with E-state index in [4.69, 9.17) is 19.2 Å². The van der Waals surface area contributed by atoms with E-state index in [-0.39, 0.29) is 25.4 Å². The summed E-state index contributed by atoms with van der Waals surface area (Å²) in [5, 5.41) is 0. The number of hydrogen-bond acceptors (Lipinski definition) is 8. The van der Waals surface area contributed by atoms with Crippen LogP contribution in [0.25, 0.3) is 11.8 Å². The first kappa shape index (κ1) is 27.8. The molecule has 0 aliphatic carbocycles. The van der Waals surface area contributed by atoms with Crippen LogP contribution in [0.1, 0.15) is 36.6 Å². The van der Waals surface area contributed by atoms with E-state index in [1.807, 2.05) is 60.7 Å². The van der Waals surface area contributed by atoms with E-state index >= 15 is 0 Å². The summed E-state index contributed by atoms with van der Waals surface area (Å²) < 4.78 is 17.9. The van der Waals surface area contributed by atoms with E-state index < -0.39 is 18.0 Å². The van der Waals surface area contributed by atoms with Crippen molar-refractivity contribution in [2.24, 2.45) is 4.99 Å². The fraction of sp³-hybridized carbons (Fsp3) is 0.188. The largest absolute Gasteiger partial charge is 0.482 e. The summed E-state index contributed by atoms with van der Waals surface area (Å²) in [4.78, 5) is 44.3. The molecule has 2 heterocycles. The van der Waals surface area contributed by atoms with Gasteiger partial charge in [-0.3, -0.25) is 9.36 Å². The number of benzene rings is 3. The minimum absolute atomic E-state index is 0.183. The molecule has 1 aliphatic heterocycles. The molecule has 1 aliphatic rings. The van der Waals surface area contributed by atoms with Crippen LogP contribution in [0.4, 0.5) is 0 Å². The summed E-state index contributed by atoms with van der Waals surface area (Å²) in [6.45, 7) is 3.78. The molecule has 0 radical (unpaired) electrons. The normalized spacial score (nSPS) is 14.7. The Bertz CT molecular complexity index is 1760. The Hall–Kier alpha value is -4.76. The minimum Gasteiger partial charge on any atom is -0.482 e. The summed E-state index contributed by atoms with van der Waals surface area (Å²) in [6, 6.07) is 25.2. The standard InChI is InChI=1S/C32H28N2O6S/c1-3-38-26(35)20-40-24-17-15-21(16-18-24)19-25-30(36)34-29(23-13-9-6-10-14-23)27(31(37)39-4-2)28(33-32(34)41-25)22-11-7-5-8-12-22/h5-19,29H,3-4,20H2,1-2H3/b25-19-/t29-/m0/s1. The summed E-state index contributed by atoms with van der Waals surface area (Å²) >= 11 is 1.25. The molecule has 0 N–H and O–H groups in total. The monoisotopic (exact) mass is 568 g/mol. The Labute approximate surface area is 240 Å². The lowest BCUT2D eigenvalue weighted by Gasteiger charge is -2.25. The fourth-order valence-electron chi connectivity index (χ4n) is 4.55. The molecule has 5 rings (SSSR count). The highest BCUT2D eigenvalue weighted by Crippen LogP contribution is 2.35. The van der Waals surface area contributed by atoms with Crippen molar-refractivity contribution in [1.29, 1.82) is 0 Å². The third-order valence-electron chi connectivity index (χ3n) is 6.33. The van der Waals surface area contributed by atoms with Gasteiger partial charge in [0, 0.05) is 5.56 Å². The molecule has 9 heteroatoms. The number of ether oxygens (including phenoxy) is 3. The molecule has 0 fully saturated rings. The van der Waals surface area contributed by atoms with Crippen LogP contribution < -0.4 is 19.6 Å². The van der Waals surface area contributed by atoms with E-state index in [0.29, 0.717) is 26.4 Å². The summed E-state index contributed by atoms with van der Waals surface area (Å²) in [5.41, 5.74) is 2.82. The molecule has 1 atom stereocenters. The first-order chi connectivity index (χ1) is 20.0. The number of carbonyl (C=O) groups is 2. The van der Waals surface area contributed by atoms with Crippen LogP contribution in [0.2, 0.25) is 0 Å². The van der Waals surface area contributed by atoms with E-state index in [1.54, 1.807) is 48.8 Å². The zero-order chi connectivity index (χ0) is 28.8. The third-order valence-corrected chi connectivity index (χ3v) is 7.31. The van der Waals surface area contributed by atoms with Crippen LogP contribution in [0.3, 0.4) is 0 Å². The highest BCUT2D eigenvalue weighted by atomic mass is 32.1. The quantitative estimate of drug-likeness (QED) is 0.285. The van der Waals surface area contributed by atoms with Crippen LogP contribution >= 0.6 is 11.3 Å². The highest BCUT2D eigenvalue weighted by molar-refractivity contribution is 7.07. The number of aromatic nitrogens is 1. The second-order valence-corrected chi connectivity index (χ2v) is 10.0. The van der Waals surface area contributed by atoms with Gasteiger partial charge in [0.2, 0.25) is 0 Å². The van der Waals surface area contributed by atoms with Gasteiger partial charge < -0.3 is 14.2 Å². The Morgan fingerprint density at radius 1 is 0.902 bits per heavy atom. The van der Waals surface area contributed by atoms with E-state index in [0.717, 1.165) is 16.7 Å². The second-order valence-electron chi connectivity index (χ2n) is 9.00. The average molecular weight is 569 g/mol. The van der Waals surface area contributed by atoms with Crippen molar-refractivity contribution >= 4 is 35.0 Å². The Morgan fingerprint density at radius 3 is 2.22 bits per heavy atom. The lowest BCUT2D eigenvalue weighted by atomic mass is 9.93. The highest BCUT2D eigenvalue weighted by Gasteiger charge is 2.35. The number of esters is 2.